The van der Waals surface area contributed by atoms with E-state index in [1.165, 1.54) is 11.1 Å². The number of carbonyl (C=O) groups is 2. The van der Waals surface area contributed by atoms with Gasteiger partial charge in [0.1, 0.15) is 5.78 Å². The number of fused-ring (bicyclic) bond motifs is 1. The summed E-state index contributed by atoms with van der Waals surface area (Å²) in [5.41, 5.74) is 3.49. The Morgan fingerprint density at radius 2 is 2.04 bits per heavy atom. The zero-order valence-electron chi connectivity index (χ0n) is 14.8. The lowest BCUT2D eigenvalue weighted by molar-refractivity contribution is -0.131. The number of amides is 1. The third-order valence-corrected chi connectivity index (χ3v) is 5.06. The van der Waals surface area contributed by atoms with Crippen LogP contribution in [-0.4, -0.2) is 35.4 Å². The van der Waals surface area contributed by atoms with Crippen LogP contribution in [0.2, 0.25) is 0 Å². The van der Waals surface area contributed by atoms with Crippen LogP contribution in [-0.2, 0) is 16.0 Å². The summed E-state index contributed by atoms with van der Waals surface area (Å²) in [6.07, 6.45) is 2.87. The standard InChI is InChI=1S/C20H26N2O2/c1-14(23)22-9-8-15-6-4-5-7-18(15)19(22)13-21-16-10-17(24)12-20(2,3)11-16/h4-7,19H,8-13H2,1-3H3/t19-/m0/s1. The van der Waals surface area contributed by atoms with Crippen molar-refractivity contribution in [1.82, 2.24) is 4.90 Å². The fraction of sp³-hybridized carbons (Fsp3) is 0.550. The Kier molecular flexibility index (Phi) is 4.57. The summed E-state index contributed by atoms with van der Waals surface area (Å²) in [6.45, 7) is 7.16. The highest BCUT2D eigenvalue weighted by Gasteiger charge is 2.32. The van der Waals surface area contributed by atoms with E-state index in [0.29, 0.717) is 19.4 Å². The number of rotatable bonds is 2. The van der Waals surface area contributed by atoms with Crippen LogP contribution in [0.3, 0.4) is 0 Å². The van der Waals surface area contributed by atoms with Crippen LogP contribution in [0.5, 0.6) is 0 Å². The van der Waals surface area contributed by atoms with Gasteiger partial charge in [0.15, 0.2) is 0 Å². The van der Waals surface area contributed by atoms with Crippen molar-refractivity contribution < 1.29 is 9.59 Å². The third kappa shape index (κ3) is 3.58. The van der Waals surface area contributed by atoms with Gasteiger partial charge < -0.3 is 4.90 Å². The smallest absolute Gasteiger partial charge is 0.220 e. The molecule has 2 aliphatic rings. The molecular weight excluding hydrogens is 300 g/mol. The van der Waals surface area contributed by atoms with Crippen molar-refractivity contribution in [3.05, 3.63) is 35.4 Å². The Bertz CT molecular complexity index is 691. The number of benzene rings is 1. The molecule has 1 saturated carbocycles. The van der Waals surface area contributed by atoms with E-state index in [0.717, 1.165) is 25.1 Å². The van der Waals surface area contributed by atoms with E-state index in [1.54, 1.807) is 6.92 Å². The summed E-state index contributed by atoms with van der Waals surface area (Å²) in [6, 6.07) is 8.30. The molecule has 0 radical (unpaired) electrons. The molecule has 1 aliphatic heterocycles. The van der Waals surface area contributed by atoms with Crippen molar-refractivity contribution in [2.75, 3.05) is 13.1 Å². The molecule has 0 N–H and O–H groups in total. The van der Waals surface area contributed by atoms with E-state index >= 15 is 0 Å². The predicted octanol–water partition coefficient (Wildman–Crippen LogP) is 3.35. The first-order valence-corrected chi connectivity index (χ1v) is 8.75. The largest absolute Gasteiger partial charge is 0.334 e. The fourth-order valence-electron chi connectivity index (χ4n) is 4.05. The summed E-state index contributed by atoms with van der Waals surface area (Å²) in [7, 11) is 0. The van der Waals surface area contributed by atoms with Gasteiger partial charge in [-0.15, -0.1) is 0 Å². The van der Waals surface area contributed by atoms with E-state index in [9.17, 15) is 9.59 Å². The monoisotopic (exact) mass is 326 g/mol. The van der Waals surface area contributed by atoms with Gasteiger partial charge in [-0.2, -0.15) is 0 Å². The average molecular weight is 326 g/mol. The molecule has 1 amide bonds. The Morgan fingerprint density at radius 1 is 1.29 bits per heavy atom. The summed E-state index contributed by atoms with van der Waals surface area (Å²) in [4.78, 5) is 30.7. The molecule has 24 heavy (non-hydrogen) atoms. The molecule has 4 heteroatoms. The SMILES string of the molecule is CC(=O)N1CCc2ccccc2[C@@H]1CN=C1CC(=O)CC(C)(C)C1. The molecular formula is C20H26N2O2. The van der Waals surface area contributed by atoms with E-state index in [-0.39, 0.29) is 23.1 Å². The van der Waals surface area contributed by atoms with Crippen molar-refractivity contribution in [3.63, 3.8) is 0 Å². The normalized spacial score (nSPS) is 24.8. The molecule has 0 bridgehead atoms. The Balaban J connectivity index is 1.85. The van der Waals surface area contributed by atoms with Crippen LogP contribution in [0.1, 0.15) is 57.2 Å². The summed E-state index contributed by atoms with van der Waals surface area (Å²) in [5, 5.41) is 0. The van der Waals surface area contributed by atoms with Gasteiger partial charge in [-0.05, 0) is 29.4 Å². The van der Waals surface area contributed by atoms with E-state index in [2.05, 4.69) is 26.0 Å². The maximum Gasteiger partial charge on any atom is 0.220 e. The van der Waals surface area contributed by atoms with Gasteiger partial charge in [0.25, 0.3) is 0 Å². The molecule has 3 rings (SSSR count). The van der Waals surface area contributed by atoms with Gasteiger partial charge >= 0.3 is 0 Å². The maximum absolute atomic E-state index is 12.0. The Labute approximate surface area is 144 Å². The predicted molar refractivity (Wildman–Crippen MR) is 95.2 cm³/mol. The highest BCUT2D eigenvalue weighted by atomic mass is 16.2. The minimum atomic E-state index is -0.0138. The zero-order chi connectivity index (χ0) is 17.3. The Hall–Kier alpha value is -1.97. The van der Waals surface area contributed by atoms with E-state index in [1.807, 2.05) is 17.0 Å². The lowest BCUT2D eigenvalue weighted by Crippen LogP contribution is -2.40. The third-order valence-electron chi connectivity index (χ3n) is 5.06. The molecule has 0 unspecified atom stereocenters. The molecule has 1 aromatic rings. The minimum absolute atomic E-state index is 0.00109. The van der Waals surface area contributed by atoms with Crippen molar-refractivity contribution in [2.24, 2.45) is 10.4 Å². The number of aliphatic imine (C=N–C) groups is 1. The van der Waals surface area contributed by atoms with Crippen molar-refractivity contribution in [3.8, 4) is 0 Å². The van der Waals surface area contributed by atoms with Gasteiger partial charge in [-0.3, -0.25) is 14.6 Å². The molecule has 1 fully saturated rings. The number of hydrogen-bond donors (Lipinski definition) is 0. The van der Waals surface area contributed by atoms with Gasteiger partial charge in [0.05, 0.1) is 12.6 Å². The van der Waals surface area contributed by atoms with Crippen molar-refractivity contribution >= 4 is 17.4 Å². The molecule has 1 aromatic carbocycles. The van der Waals surface area contributed by atoms with Gasteiger partial charge in [-0.1, -0.05) is 38.1 Å². The number of ketones is 1. The molecule has 0 saturated heterocycles. The summed E-state index contributed by atoms with van der Waals surface area (Å²) < 4.78 is 0. The zero-order valence-corrected chi connectivity index (χ0v) is 14.8. The Morgan fingerprint density at radius 3 is 2.75 bits per heavy atom. The lowest BCUT2D eigenvalue weighted by atomic mass is 9.76. The van der Waals surface area contributed by atoms with Crippen LogP contribution < -0.4 is 0 Å². The molecule has 1 aliphatic carbocycles. The quantitative estimate of drug-likeness (QED) is 0.837. The highest BCUT2D eigenvalue weighted by Crippen LogP contribution is 2.33. The highest BCUT2D eigenvalue weighted by molar-refractivity contribution is 6.04. The molecule has 0 spiro atoms. The number of nitrogens with zero attached hydrogens (tertiary/aromatic N) is 2. The summed E-state index contributed by atoms with van der Waals surface area (Å²) >= 11 is 0. The van der Waals surface area contributed by atoms with E-state index < -0.39 is 0 Å². The second-order valence-corrected chi connectivity index (χ2v) is 7.82. The van der Waals surface area contributed by atoms with Crippen LogP contribution in [0.15, 0.2) is 29.3 Å². The molecule has 1 heterocycles. The average Bonchev–Trinajstić information content (AvgIpc) is 2.50. The van der Waals surface area contributed by atoms with Crippen LogP contribution in [0.4, 0.5) is 0 Å². The molecule has 0 aromatic heterocycles. The summed E-state index contributed by atoms with van der Waals surface area (Å²) in [5.74, 6) is 0.368. The lowest BCUT2D eigenvalue weighted by Gasteiger charge is -2.36. The fourth-order valence-corrected chi connectivity index (χ4v) is 4.05. The first-order valence-electron chi connectivity index (χ1n) is 8.75. The van der Waals surface area contributed by atoms with Gasteiger partial charge in [0, 0.05) is 32.0 Å². The first-order chi connectivity index (χ1) is 11.4. The van der Waals surface area contributed by atoms with Crippen LogP contribution >= 0.6 is 0 Å². The number of Topliss-reactive ketones (excluding diaryl/α,β-unsaturated/α-hetero) is 1. The minimum Gasteiger partial charge on any atom is -0.334 e. The van der Waals surface area contributed by atoms with Crippen LogP contribution in [0, 0.1) is 5.41 Å². The van der Waals surface area contributed by atoms with Crippen molar-refractivity contribution in [1.29, 1.82) is 0 Å². The second kappa shape index (κ2) is 6.50. The first kappa shape index (κ1) is 16.9. The topological polar surface area (TPSA) is 49.7 Å². The van der Waals surface area contributed by atoms with E-state index in [4.69, 9.17) is 4.99 Å². The second-order valence-electron chi connectivity index (χ2n) is 7.82. The van der Waals surface area contributed by atoms with Gasteiger partial charge in [-0.25, -0.2) is 0 Å². The van der Waals surface area contributed by atoms with Crippen molar-refractivity contribution in [2.45, 2.75) is 52.5 Å². The number of carbonyl (C=O) groups excluding carboxylic acids is 2. The maximum atomic E-state index is 12.0. The molecule has 1 atom stereocenters. The molecule has 4 nitrogen and oxygen atoms in total. The van der Waals surface area contributed by atoms with Crippen LogP contribution in [0.25, 0.3) is 0 Å². The molecule has 128 valence electrons. The number of hydrogen-bond acceptors (Lipinski definition) is 3. The van der Waals surface area contributed by atoms with Gasteiger partial charge in [0.2, 0.25) is 5.91 Å².